The number of halogens is 1. The van der Waals surface area contributed by atoms with Crippen molar-refractivity contribution in [2.75, 3.05) is 38.5 Å². The highest BCUT2D eigenvalue weighted by atomic mass is 32.2. The molecule has 1 aliphatic rings. The van der Waals surface area contributed by atoms with E-state index in [1.165, 1.54) is 12.1 Å². The lowest BCUT2D eigenvalue weighted by molar-refractivity contribution is -0.134. The van der Waals surface area contributed by atoms with Crippen molar-refractivity contribution in [3.05, 3.63) is 53.8 Å². The summed E-state index contributed by atoms with van der Waals surface area (Å²) in [6.07, 6.45) is -0.234. The average molecular weight is 494 g/mol. The molecule has 0 spiro atoms. The number of hydrogen-bond donors (Lipinski definition) is 2. The summed E-state index contributed by atoms with van der Waals surface area (Å²) in [6, 6.07) is 8.98. The summed E-state index contributed by atoms with van der Waals surface area (Å²) < 4.78 is 47.5. The van der Waals surface area contributed by atoms with E-state index in [1.807, 2.05) is 25.9 Å². The molecule has 1 amide bonds. The second kappa shape index (κ2) is 10.7. The predicted octanol–water partition coefficient (Wildman–Crippen LogP) is 2.34. The zero-order valence-corrected chi connectivity index (χ0v) is 20.7. The molecule has 0 unspecified atom stereocenters. The van der Waals surface area contributed by atoms with Crippen molar-refractivity contribution in [3.63, 3.8) is 0 Å². The number of rotatable bonds is 7. The van der Waals surface area contributed by atoms with E-state index in [9.17, 15) is 22.7 Å². The first-order valence-corrected chi connectivity index (χ1v) is 12.6. The summed E-state index contributed by atoms with van der Waals surface area (Å²) in [6.45, 7) is 4.68. The Labute approximate surface area is 200 Å². The Kier molecular flexibility index (Phi) is 8.17. The maximum absolute atomic E-state index is 13.2. The Hall–Kier alpha value is -2.69. The van der Waals surface area contributed by atoms with Gasteiger partial charge in [-0.15, -0.1) is 0 Å². The Balaban J connectivity index is 1.97. The molecule has 34 heavy (non-hydrogen) atoms. The highest BCUT2D eigenvalue weighted by molar-refractivity contribution is 7.92. The smallest absolute Gasteiger partial charge is 0.261 e. The zero-order valence-electron chi connectivity index (χ0n) is 19.9. The number of hydrogen-bond acceptors (Lipinski definition) is 6. The van der Waals surface area contributed by atoms with Gasteiger partial charge in [0.25, 0.3) is 10.0 Å². The van der Waals surface area contributed by atoms with Crippen molar-refractivity contribution < 1.29 is 27.4 Å². The summed E-state index contributed by atoms with van der Waals surface area (Å²) in [5, 5.41) is 9.69. The maximum atomic E-state index is 13.2. The van der Waals surface area contributed by atoms with E-state index >= 15 is 0 Å². The van der Waals surface area contributed by atoms with Crippen LogP contribution in [0.3, 0.4) is 0 Å². The van der Waals surface area contributed by atoms with Crippen LogP contribution in [0.2, 0.25) is 0 Å². The Morgan fingerprint density at radius 1 is 1.24 bits per heavy atom. The molecule has 3 atom stereocenters. The number of carbonyl (C=O) groups is 1. The van der Waals surface area contributed by atoms with Gasteiger partial charge in [-0.2, -0.15) is 0 Å². The zero-order chi connectivity index (χ0) is 25.0. The summed E-state index contributed by atoms with van der Waals surface area (Å²) in [4.78, 5) is 16.8. The topological polar surface area (TPSA) is 99.2 Å². The van der Waals surface area contributed by atoms with Crippen LogP contribution in [-0.4, -0.2) is 75.2 Å². The SMILES string of the molecule is C[C@@H]1CN([C@@H](C)CO)C(=O)Cc2cc(NS(=O)(=O)c3ccc(F)cc3)ccc2O[C@@H]1CN(C)C. The van der Waals surface area contributed by atoms with Crippen LogP contribution in [0.5, 0.6) is 5.75 Å². The van der Waals surface area contributed by atoms with Crippen LogP contribution in [0.25, 0.3) is 0 Å². The van der Waals surface area contributed by atoms with Crippen molar-refractivity contribution in [3.8, 4) is 5.75 Å². The molecule has 10 heteroatoms. The summed E-state index contributed by atoms with van der Waals surface area (Å²) in [5.74, 6) is -0.213. The van der Waals surface area contributed by atoms with Gasteiger partial charge in [0.1, 0.15) is 17.7 Å². The van der Waals surface area contributed by atoms with Crippen LogP contribution >= 0.6 is 0 Å². The molecule has 1 aliphatic heterocycles. The van der Waals surface area contributed by atoms with E-state index in [0.29, 0.717) is 24.4 Å². The van der Waals surface area contributed by atoms with Crippen molar-refractivity contribution in [2.45, 2.75) is 37.3 Å². The van der Waals surface area contributed by atoms with E-state index < -0.39 is 15.8 Å². The number of anilines is 1. The second-order valence-corrected chi connectivity index (χ2v) is 10.7. The normalized spacial score (nSPS) is 20.1. The first-order valence-electron chi connectivity index (χ1n) is 11.1. The van der Waals surface area contributed by atoms with E-state index in [2.05, 4.69) is 4.72 Å². The minimum Gasteiger partial charge on any atom is -0.488 e. The molecule has 2 aromatic rings. The molecule has 0 saturated heterocycles. The molecule has 0 radical (unpaired) electrons. The molecule has 0 bridgehead atoms. The summed E-state index contributed by atoms with van der Waals surface area (Å²) >= 11 is 0. The maximum Gasteiger partial charge on any atom is 0.261 e. The fourth-order valence-electron chi connectivity index (χ4n) is 3.90. The third kappa shape index (κ3) is 6.25. The summed E-state index contributed by atoms with van der Waals surface area (Å²) in [5.41, 5.74) is 0.801. The molecule has 1 heterocycles. The number of likely N-dealkylation sites (N-methyl/N-ethyl adjacent to an activating group) is 1. The van der Waals surface area contributed by atoms with E-state index in [-0.39, 0.29) is 47.6 Å². The Morgan fingerprint density at radius 3 is 2.53 bits per heavy atom. The Bertz CT molecular complexity index is 1110. The fraction of sp³-hybridized carbons (Fsp3) is 0.458. The first-order chi connectivity index (χ1) is 16.0. The van der Waals surface area contributed by atoms with Gasteiger partial charge < -0.3 is 19.6 Å². The van der Waals surface area contributed by atoms with Crippen molar-refractivity contribution in [1.29, 1.82) is 0 Å². The van der Waals surface area contributed by atoms with Crippen LogP contribution in [0.4, 0.5) is 10.1 Å². The van der Waals surface area contributed by atoms with E-state index in [4.69, 9.17) is 4.74 Å². The van der Waals surface area contributed by atoms with Crippen LogP contribution in [0, 0.1) is 11.7 Å². The average Bonchev–Trinajstić information content (AvgIpc) is 2.81. The molecule has 8 nitrogen and oxygen atoms in total. The lowest BCUT2D eigenvalue weighted by Crippen LogP contribution is -2.47. The van der Waals surface area contributed by atoms with Crippen LogP contribution < -0.4 is 9.46 Å². The Morgan fingerprint density at radius 2 is 1.91 bits per heavy atom. The molecular formula is C24H32FN3O5S. The summed E-state index contributed by atoms with van der Waals surface area (Å²) in [7, 11) is -0.0684. The van der Waals surface area contributed by atoms with Gasteiger partial charge in [0.05, 0.1) is 24.0 Å². The molecular weight excluding hydrogens is 461 g/mol. The molecule has 2 N–H and O–H groups in total. The number of carbonyl (C=O) groups excluding carboxylic acids is 1. The molecule has 0 aliphatic carbocycles. The van der Waals surface area contributed by atoms with Crippen molar-refractivity contribution in [1.82, 2.24) is 9.80 Å². The van der Waals surface area contributed by atoms with Gasteiger partial charge in [-0.3, -0.25) is 9.52 Å². The quantitative estimate of drug-likeness (QED) is 0.614. The number of nitrogens with one attached hydrogen (secondary N) is 1. The number of fused-ring (bicyclic) bond motifs is 1. The highest BCUT2D eigenvalue weighted by Gasteiger charge is 2.31. The number of ether oxygens (including phenoxy) is 1. The number of aliphatic hydroxyl groups excluding tert-OH is 1. The van der Waals surface area contributed by atoms with Gasteiger partial charge in [0.2, 0.25) is 5.91 Å². The number of amides is 1. The highest BCUT2D eigenvalue weighted by Crippen LogP contribution is 2.30. The van der Waals surface area contributed by atoms with Gasteiger partial charge in [0, 0.05) is 30.3 Å². The number of benzene rings is 2. The van der Waals surface area contributed by atoms with Crippen molar-refractivity contribution >= 4 is 21.6 Å². The molecule has 3 rings (SSSR count). The van der Waals surface area contributed by atoms with Crippen LogP contribution in [0.15, 0.2) is 47.4 Å². The van der Waals surface area contributed by atoms with Gasteiger partial charge in [-0.1, -0.05) is 6.92 Å². The minimum absolute atomic E-state index is 0.00675. The van der Waals surface area contributed by atoms with Gasteiger partial charge in [-0.05, 0) is 63.5 Å². The molecule has 0 saturated carbocycles. The van der Waals surface area contributed by atoms with E-state index in [1.54, 1.807) is 30.0 Å². The molecule has 0 fully saturated rings. The van der Waals surface area contributed by atoms with Crippen LogP contribution in [0.1, 0.15) is 19.4 Å². The molecule has 2 aromatic carbocycles. The molecule has 0 aromatic heterocycles. The van der Waals surface area contributed by atoms with Crippen molar-refractivity contribution in [2.24, 2.45) is 5.92 Å². The van der Waals surface area contributed by atoms with Gasteiger partial charge in [-0.25, -0.2) is 12.8 Å². The minimum atomic E-state index is -3.95. The third-order valence-electron chi connectivity index (χ3n) is 5.84. The predicted molar refractivity (Wildman–Crippen MR) is 128 cm³/mol. The standard InChI is InChI=1S/C24H32FN3O5S/c1-16-13-28(17(2)15-29)24(30)12-18-11-20(7-10-22(18)33-23(16)14-27(3)4)26-34(31,32)21-8-5-19(25)6-9-21/h5-11,16-17,23,26,29H,12-15H2,1-4H3/t16-,17+,23-/m1/s1. The molecule has 186 valence electrons. The fourth-order valence-corrected chi connectivity index (χ4v) is 4.95. The monoisotopic (exact) mass is 493 g/mol. The second-order valence-electron chi connectivity index (χ2n) is 9.03. The largest absolute Gasteiger partial charge is 0.488 e. The number of sulfonamides is 1. The number of nitrogens with zero attached hydrogens (tertiary/aromatic N) is 2. The lowest BCUT2D eigenvalue weighted by atomic mass is 10.0. The van der Waals surface area contributed by atoms with Gasteiger partial charge >= 0.3 is 0 Å². The van der Waals surface area contributed by atoms with Crippen LogP contribution in [-0.2, 0) is 21.2 Å². The number of aliphatic hydroxyl groups is 1. The first kappa shape index (κ1) is 25.9. The van der Waals surface area contributed by atoms with Gasteiger partial charge in [0.15, 0.2) is 0 Å². The third-order valence-corrected chi connectivity index (χ3v) is 7.23. The van der Waals surface area contributed by atoms with E-state index in [0.717, 1.165) is 12.1 Å². The lowest BCUT2D eigenvalue weighted by Gasteiger charge is -2.33.